The first-order chi connectivity index (χ1) is 8.74. The number of benzene rings is 1. The monoisotopic (exact) mass is 263 g/mol. The molecular weight excluding hydrogens is 234 g/mol. The molecule has 0 bridgehead atoms. The minimum atomic E-state index is -0.189. The molecule has 0 fully saturated rings. The maximum absolute atomic E-state index is 6.12. The molecule has 1 aromatic carbocycles. The highest BCUT2D eigenvalue weighted by atomic mass is 16.5. The van der Waals surface area contributed by atoms with Gasteiger partial charge in [0.1, 0.15) is 11.4 Å². The van der Waals surface area contributed by atoms with Gasteiger partial charge >= 0.3 is 0 Å². The predicted octanol–water partition coefficient (Wildman–Crippen LogP) is 4.14. The van der Waals surface area contributed by atoms with Crippen molar-refractivity contribution < 1.29 is 4.74 Å². The molecule has 0 aliphatic rings. The third-order valence-corrected chi connectivity index (χ3v) is 3.07. The largest absolute Gasteiger partial charge is 0.487 e. The van der Waals surface area contributed by atoms with E-state index in [1.54, 1.807) is 0 Å². The van der Waals surface area contributed by atoms with Crippen molar-refractivity contribution in [3.63, 3.8) is 0 Å². The van der Waals surface area contributed by atoms with E-state index >= 15 is 0 Å². The summed E-state index contributed by atoms with van der Waals surface area (Å²) >= 11 is 0. The highest BCUT2D eigenvalue weighted by Gasteiger charge is 2.20. The highest BCUT2D eigenvalue weighted by Crippen LogP contribution is 2.27. The van der Waals surface area contributed by atoms with Crippen molar-refractivity contribution >= 4 is 0 Å². The summed E-state index contributed by atoms with van der Waals surface area (Å²) in [6, 6.07) is 8.43. The summed E-state index contributed by atoms with van der Waals surface area (Å²) in [6.07, 6.45) is 1.15. The second-order valence-electron chi connectivity index (χ2n) is 6.82. The van der Waals surface area contributed by atoms with Gasteiger partial charge in [-0.2, -0.15) is 0 Å². The second kappa shape index (κ2) is 6.42. The van der Waals surface area contributed by atoms with Gasteiger partial charge in [-0.1, -0.05) is 39.8 Å². The van der Waals surface area contributed by atoms with Crippen LogP contribution >= 0.6 is 0 Å². The lowest BCUT2D eigenvalue weighted by atomic mass is 9.87. The average Bonchev–Trinajstić information content (AvgIpc) is 2.27. The first-order valence-corrected chi connectivity index (χ1v) is 7.25. The number of rotatable bonds is 6. The number of ether oxygens (including phenoxy) is 1. The topological polar surface area (TPSA) is 21.3 Å². The summed E-state index contributed by atoms with van der Waals surface area (Å²) in [5, 5.41) is 3.42. The lowest BCUT2D eigenvalue weighted by Gasteiger charge is -2.28. The van der Waals surface area contributed by atoms with E-state index in [2.05, 4.69) is 65.1 Å². The van der Waals surface area contributed by atoms with E-state index in [9.17, 15) is 0 Å². The highest BCUT2D eigenvalue weighted by molar-refractivity contribution is 5.33. The van der Waals surface area contributed by atoms with Crippen molar-refractivity contribution in [3.8, 4) is 5.75 Å². The van der Waals surface area contributed by atoms with E-state index in [4.69, 9.17) is 4.74 Å². The molecule has 0 radical (unpaired) electrons. The summed E-state index contributed by atoms with van der Waals surface area (Å²) in [6.45, 7) is 15.0. The molecule has 0 heterocycles. The van der Waals surface area contributed by atoms with Crippen molar-refractivity contribution in [1.29, 1.82) is 0 Å². The van der Waals surface area contributed by atoms with Crippen LogP contribution in [0.2, 0.25) is 0 Å². The molecule has 0 amide bonds. The molecule has 0 aliphatic carbocycles. The lowest BCUT2D eigenvalue weighted by molar-refractivity contribution is 0.108. The van der Waals surface area contributed by atoms with E-state index in [0.717, 1.165) is 25.3 Å². The normalized spacial score (nSPS) is 12.5. The molecule has 108 valence electrons. The number of hydrogen-bond donors (Lipinski definition) is 1. The van der Waals surface area contributed by atoms with Gasteiger partial charge in [0.05, 0.1) is 0 Å². The van der Waals surface area contributed by atoms with E-state index < -0.39 is 0 Å². The Kier molecular flexibility index (Phi) is 5.42. The molecule has 0 spiro atoms. The molecule has 2 heteroatoms. The van der Waals surface area contributed by atoms with Crippen molar-refractivity contribution in [3.05, 3.63) is 29.8 Å². The Bertz CT molecular complexity index is 390. The van der Waals surface area contributed by atoms with Crippen LogP contribution in [0, 0.1) is 0 Å². The summed E-state index contributed by atoms with van der Waals surface area (Å²) in [5.74, 6) is 0.954. The molecular formula is C17H29NO. The van der Waals surface area contributed by atoms with Gasteiger partial charge in [0.2, 0.25) is 0 Å². The zero-order valence-electron chi connectivity index (χ0n) is 13.3. The van der Waals surface area contributed by atoms with Gasteiger partial charge in [0, 0.05) is 6.54 Å². The Balaban J connectivity index is 2.71. The summed E-state index contributed by atoms with van der Waals surface area (Å²) < 4.78 is 6.12. The average molecular weight is 263 g/mol. The molecule has 0 atom stereocenters. The minimum Gasteiger partial charge on any atom is -0.487 e. The first kappa shape index (κ1) is 16.0. The zero-order chi connectivity index (χ0) is 14.5. The molecule has 0 saturated heterocycles. The fourth-order valence-electron chi connectivity index (χ4n) is 1.95. The Morgan fingerprint density at radius 3 is 2.37 bits per heavy atom. The third kappa shape index (κ3) is 5.65. The van der Waals surface area contributed by atoms with Crippen molar-refractivity contribution in [2.45, 2.75) is 59.0 Å². The molecule has 1 N–H and O–H groups in total. The third-order valence-electron chi connectivity index (χ3n) is 3.07. The summed E-state index contributed by atoms with van der Waals surface area (Å²) in [7, 11) is 0. The Morgan fingerprint density at radius 1 is 1.11 bits per heavy atom. The van der Waals surface area contributed by atoms with E-state index in [1.165, 1.54) is 5.56 Å². The zero-order valence-corrected chi connectivity index (χ0v) is 13.3. The van der Waals surface area contributed by atoms with Crippen LogP contribution in [-0.4, -0.2) is 18.7 Å². The number of hydrogen-bond acceptors (Lipinski definition) is 2. The van der Waals surface area contributed by atoms with E-state index in [-0.39, 0.29) is 11.0 Å². The van der Waals surface area contributed by atoms with Crippen molar-refractivity contribution in [2.75, 3.05) is 13.1 Å². The van der Waals surface area contributed by atoms with Crippen LogP contribution in [0.1, 0.15) is 53.5 Å². The van der Waals surface area contributed by atoms with Gasteiger partial charge in [-0.15, -0.1) is 0 Å². The molecule has 0 unspecified atom stereocenters. The van der Waals surface area contributed by atoms with E-state index in [0.29, 0.717) is 0 Å². The molecule has 1 aromatic rings. The molecule has 0 saturated carbocycles. The summed E-state index contributed by atoms with van der Waals surface area (Å²) in [4.78, 5) is 0. The molecule has 0 aliphatic heterocycles. The van der Waals surface area contributed by atoms with Gasteiger partial charge < -0.3 is 10.1 Å². The standard InChI is InChI=1S/C17H29NO/c1-7-11-18-13-17(5,6)19-15-10-8-9-14(12-15)16(2,3)4/h8-10,12,18H,7,11,13H2,1-6H3. The van der Waals surface area contributed by atoms with Gasteiger partial charge in [-0.05, 0) is 49.9 Å². The van der Waals surface area contributed by atoms with Crippen LogP contribution in [0.15, 0.2) is 24.3 Å². The molecule has 2 nitrogen and oxygen atoms in total. The second-order valence-corrected chi connectivity index (χ2v) is 6.82. The fourth-order valence-corrected chi connectivity index (χ4v) is 1.95. The van der Waals surface area contributed by atoms with Crippen LogP contribution < -0.4 is 10.1 Å². The first-order valence-electron chi connectivity index (χ1n) is 7.25. The maximum Gasteiger partial charge on any atom is 0.120 e. The Labute approximate surface area is 118 Å². The quantitative estimate of drug-likeness (QED) is 0.779. The van der Waals surface area contributed by atoms with Gasteiger partial charge in [0.15, 0.2) is 0 Å². The van der Waals surface area contributed by atoms with Gasteiger partial charge in [-0.3, -0.25) is 0 Å². The van der Waals surface area contributed by atoms with Gasteiger partial charge in [0.25, 0.3) is 0 Å². The van der Waals surface area contributed by atoms with Crippen LogP contribution in [0.5, 0.6) is 5.75 Å². The maximum atomic E-state index is 6.12. The van der Waals surface area contributed by atoms with Crippen LogP contribution in [0.4, 0.5) is 0 Å². The van der Waals surface area contributed by atoms with E-state index in [1.807, 2.05) is 6.07 Å². The molecule has 1 rings (SSSR count). The van der Waals surface area contributed by atoms with Gasteiger partial charge in [-0.25, -0.2) is 0 Å². The number of nitrogens with one attached hydrogen (secondary N) is 1. The van der Waals surface area contributed by atoms with Crippen LogP contribution in [-0.2, 0) is 5.41 Å². The lowest BCUT2D eigenvalue weighted by Crippen LogP contribution is -2.40. The summed E-state index contributed by atoms with van der Waals surface area (Å²) in [5.41, 5.74) is 1.28. The molecule has 19 heavy (non-hydrogen) atoms. The smallest absolute Gasteiger partial charge is 0.120 e. The molecule has 0 aromatic heterocycles. The van der Waals surface area contributed by atoms with Crippen LogP contribution in [0.25, 0.3) is 0 Å². The Morgan fingerprint density at radius 2 is 1.79 bits per heavy atom. The van der Waals surface area contributed by atoms with Crippen molar-refractivity contribution in [1.82, 2.24) is 5.32 Å². The fraction of sp³-hybridized carbons (Fsp3) is 0.647. The minimum absolute atomic E-state index is 0.157. The predicted molar refractivity (Wildman–Crippen MR) is 83.0 cm³/mol. The van der Waals surface area contributed by atoms with Crippen molar-refractivity contribution in [2.24, 2.45) is 0 Å². The van der Waals surface area contributed by atoms with Crippen LogP contribution in [0.3, 0.4) is 0 Å². The SMILES string of the molecule is CCCNCC(C)(C)Oc1cccc(C(C)(C)C)c1. The Hall–Kier alpha value is -1.02.